The summed E-state index contributed by atoms with van der Waals surface area (Å²) in [4.78, 5) is 9.56. The van der Waals surface area contributed by atoms with Crippen LogP contribution in [0.25, 0.3) is 0 Å². The quantitative estimate of drug-likeness (QED) is 0.288. The minimum absolute atomic E-state index is 0.750. The highest BCUT2D eigenvalue weighted by Crippen LogP contribution is 1.70. The molecule has 0 heterocycles. The van der Waals surface area contributed by atoms with Crippen LogP contribution >= 0.6 is 0 Å². The third-order valence-corrected chi connectivity index (χ3v) is 0.493. The van der Waals surface area contributed by atoms with E-state index in [1.54, 1.807) is 12.2 Å². The van der Waals surface area contributed by atoms with Crippen LogP contribution in [0.4, 0.5) is 0 Å². The van der Waals surface area contributed by atoms with E-state index < -0.39 is 0 Å². The molecule has 0 unspecified atom stereocenters. The zero-order valence-corrected chi connectivity index (χ0v) is 4.29. The number of hydrogen-bond donors (Lipinski definition) is 0. The molecular formula is C6H8O. The molecule has 0 aromatic rings. The van der Waals surface area contributed by atoms with Gasteiger partial charge >= 0.3 is 0 Å². The molecule has 0 aliphatic carbocycles. The molecule has 0 aromatic heterocycles. The van der Waals surface area contributed by atoms with E-state index in [4.69, 9.17) is 0 Å². The molecule has 0 bridgehead atoms. The lowest BCUT2D eigenvalue weighted by Gasteiger charge is -1.62. The summed E-state index contributed by atoms with van der Waals surface area (Å²) in [7, 11) is 0. The first-order valence-corrected chi connectivity index (χ1v) is 2.15. The third-order valence-electron chi connectivity index (χ3n) is 0.493. The van der Waals surface area contributed by atoms with E-state index in [2.05, 4.69) is 0 Å². The Morgan fingerprint density at radius 1 is 1.14 bits per heavy atom. The Labute approximate surface area is 43.3 Å². The van der Waals surface area contributed by atoms with Crippen LogP contribution in [0.3, 0.4) is 0 Å². The first-order valence-electron chi connectivity index (χ1n) is 2.15. The van der Waals surface area contributed by atoms with Crippen molar-refractivity contribution in [2.24, 2.45) is 0 Å². The fraction of sp³-hybridized carbons (Fsp3) is 0.167. The van der Waals surface area contributed by atoms with Crippen molar-refractivity contribution in [1.29, 1.82) is 0 Å². The van der Waals surface area contributed by atoms with Crippen molar-refractivity contribution in [1.82, 2.24) is 0 Å². The molecule has 0 aromatic carbocycles. The van der Waals surface area contributed by atoms with Gasteiger partial charge in [0.25, 0.3) is 0 Å². The van der Waals surface area contributed by atoms with Gasteiger partial charge in [0.05, 0.1) is 0 Å². The molecule has 0 saturated heterocycles. The van der Waals surface area contributed by atoms with Crippen LogP contribution in [0.15, 0.2) is 24.3 Å². The molecule has 0 fully saturated rings. The molecule has 1 nitrogen and oxygen atoms in total. The van der Waals surface area contributed by atoms with Crippen LogP contribution in [-0.2, 0) is 4.79 Å². The predicted molar refractivity (Wildman–Crippen MR) is 30.0 cm³/mol. The van der Waals surface area contributed by atoms with Crippen LogP contribution in [0.1, 0.15) is 6.92 Å². The van der Waals surface area contributed by atoms with E-state index in [1.807, 2.05) is 13.0 Å². The van der Waals surface area contributed by atoms with Gasteiger partial charge in [-0.05, 0) is 13.0 Å². The smallest absolute Gasteiger partial charge is 0.142 e. The SMILES string of the molecule is CC=C/C=C/C=O. The lowest BCUT2D eigenvalue weighted by Crippen LogP contribution is -1.53. The van der Waals surface area contributed by atoms with Crippen molar-refractivity contribution >= 4 is 6.29 Å². The summed E-state index contributed by atoms with van der Waals surface area (Å²) in [5.74, 6) is 0. The monoisotopic (exact) mass is 96.1 g/mol. The normalized spacial score (nSPS) is 11.0. The first kappa shape index (κ1) is 6.15. The zero-order valence-electron chi connectivity index (χ0n) is 4.29. The topological polar surface area (TPSA) is 17.1 Å². The van der Waals surface area contributed by atoms with Crippen LogP contribution in [-0.4, -0.2) is 6.29 Å². The maximum atomic E-state index is 9.56. The number of carbonyl (C=O) groups is 1. The van der Waals surface area contributed by atoms with Crippen molar-refractivity contribution in [3.05, 3.63) is 24.3 Å². The molecule has 1 heteroatoms. The summed E-state index contributed by atoms with van der Waals surface area (Å²) in [5, 5.41) is 0. The lowest BCUT2D eigenvalue weighted by atomic mass is 10.5. The van der Waals surface area contributed by atoms with Crippen molar-refractivity contribution in [2.75, 3.05) is 0 Å². The molecule has 0 amide bonds. The number of carbonyl (C=O) groups excluding carboxylic acids is 1. The second-order valence-electron chi connectivity index (χ2n) is 1.05. The summed E-state index contributed by atoms with van der Waals surface area (Å²) >= 11 is 0. The van der Waals surface area contributed by atoms with Gasteiger partial charge in [-0.15, -0.1) is 0 Å². The zero-order chi connectivity index (χ0) is 5.54. The summed E-state index contributed by atoms with van der Waals surface area (Å²) in [6.07, 6.45) is 7.54. The van der Waals surface area contributed by atoms with Gasteiger partial charge in [0.15, 0.2) is 0 Å². The van der Waals surface area contributed by atoms with Crippen LogP contribution < -0.4 is 0 Å². The highest BCUT2D eigenvalue weighted by atomic mass is 16.1. The minimum atomic E-state index is 0.750. The van der Waals surface area contributed by atoms with Crippen molar-refractivity contribution < 1.29 is 4.79 Å². The maximum absolute atomic E-state index is 9.56. The van der Waals surface area contributed by atoms with Gasteiger partial charge in [0.1, 0.15) is 6.29 Å². The van der Waals surface area contributed by atoms with Crippen LogP contribution in [0.5, 0.6) is 0 Å². The van der Waals surface area contributed by atoms with E-state index in [0.29, 0.717) is 0 Å². The van der Waals surface area contributed by atoms with E-state index in [1.165, 1.54) is 6.08 Å². The van der Waals surface area contributed by atoms with E-state index >= 15 is 0 Å². The molecule has 0 aliphatic heterocycles. The molecule has 0 rings (SSSR count). The van der Waals surface area contributed by atoms with Crippen molar-refractivity contribution in [3.8, 4) is 0 Å². The van der Waals surface area contributed by atoms with Gasteiger partial charge in [-0.1, -0.05) is 18.2 Å². The predicted octanol–water partition coefficient (Wildman–Crippen LogP) is 1.32. The van der Waals surface area contributed by atoms with Crippen molar-refractivity contribution in [3.63, 3.8) is 0 Å². The highest BCUT2D eigenvalue weighted by Gasteiger charge is 1.55. The average molecular weight is 96.1 g/mol. The lowest BCUT2D eigenvalue weighted by molar-refractivity contribution is -0.104. The second-order valence-corrected chi connectivity index (χ2v) is 1.05. The molecule has 38 valence electrons. The second kappa shape index (κ2) is 5.15. The minimum Gasteiger partial charge on any atom is -0.299 e. The Hall–Kier alpha value is -0.850. The van der Waals surface area contributed by atoms with Gasteiger partial charge in [0, 0.05) is 0 Å². The number of hydrogen-bond acceptors (Lipinski definition) is 1. The molecule has 0 saturated carbocycles. The van der Waals surface area contributed by atoms with E-state index in [0.717, 1.165) is 6.29 Å². The van der Waals surface area contributed by atoms with E-state index in [9.17, 15) is 4.79 Å². The van der Waals surface area contributed by atoms with Gasteiger partial charge in [-0.3, -0.25) is 4.79 Å². The molecule has 0 spiro atoms. The maximum Gasteiger partial charge on any atom is 0.142 e. The van der Waals surface area contributed by atoms with Crippen LogP contribution in [0.2, 0.25) is 0 Å². The van der Waals surface area contributed by atoms with Crippen molar-refractivity contribution in [2.45, 2.75) is 6.92 Å². The third kappa shape index (κ3) is 5.15. The molecule has 0 atom stereocenters. The van der Waals surface area contributed by atoms with Crippen LogP contribution in [0, 0.1) is 0 Å². The number of rotatable bonds is 2. The molecular weight excluding hydrogens is 88.1 g/mol. The fourth-order valence-electron chi connectivity index (χ4n) is 0.221. The summed E-state index contributed by atoms with van der Waals surface area (Å²) < 4.78 is 0. The molecule has 0 aliphatic rings. The standard InChI is InChI=1S/C6H8O/c1-2-3-4-5-6-7/h2-6H,1H3/b3-2?,5-4+. The highest BCUT2D eigenvalue weighted by molar-refractivity contribution is 5.65. The Bertz CT molecular complexity index is 90.4. The average Bonchev–Trinajstić information content (AvgIpc) is 1.69. The number of allylic oxidation sites excluding steroid dienone is 4. The van der Waals surface area contributed by atoms with Gasteiger partial charge in [0.2, 0.25) is 0 Å². The molecule has 0 radical (unpaired) electrons. The summed E-state index contributed by atoms with van der Waals surface area (Å²) in [6.45, 7) is 1.90. The number of aldehydes is 1. The van der Waals surface area contributed by atoms with Gasteiger partial charge in [-0.25, -0.2) is 0 Å². The molecule has 0 N–H and O–H groups in total. The Morgan fingerprint density at radius 2 is 1.86 bits per heavy atom. The van der Waals surface area contributed by atoms with Gasteiger partial charge in [-0.2, -0.15) is 0 Å². The van der Waals surface area contributed by atoms with E-state index in [-0.39, 0.29) is 0 Å². The Kier molecular flexibility index (Phi) is 4.52. The Morgan fingerprint density at radius 3 is 2.29 bits per heavy atom. The fourth-order valence-corrected chi connectivity index (χ4v) is 0.221. The molecule has 7 heavy (non-hydrogen) atoms. The first-order chi connectivity index (χ1) is 3.41. The van der Waals surface area contributed by atoms with Gasteiger partial charge < -0.3 is 0 Å². The largest absolute Gasteiger partial charge is 0.299 e. The summed E-state index contributed by atoms with van der Waals surface area (Å²) in [6, 6.07) is 0. The summed E-state index contributed by atoms with van der Waals surface area (Å²) in [5.41, 5.74) is 0. The Balaban J connectivity index is 3.27.